The quantitative estimate of drug-likeness (QED) is 0.488. The first kappa shape index (κ1) is 11.8. The zero-order valence-corrected chi connectivity index (χ0v) is 11.6. The third-order valence-electron chi connectivity index (χ3n) is 4.08. The summed E-state index contributed by atoms with van der Waals surface area (Å²) in [5.74, 6) is -0.0585. The van der Waals surface area contributed by atoms with Gasteiger partial charge < -0.3 is 4.90 Å². The van der Waals surface area contributed by atoms with Gasteiger partial charge in [-0.05, 0) is 46.3 Å². The molecule has 2 aliphatic rings. The fourth-order valence-corrected chi connectivity index (χ4v) is 3.27. The number of nitrogens with zero attached hydrogens (tertiary/aromatic N) is 2. The Morgan fingerprint density at radius 1 is 1.56 bits per heavy atom. The van der Waals surface area contributed by atoms with Crippen molar-refractivity contribution in [3.05, 3.63) is 28.5 Å². The second-order valence-electron chi connectivity index (χ2n) is 5.36. The third-order valence-corrected chi connectivity index (χ3v) is 4.52. The number of carbonyl (C=O) groups is 2. The van der Waals surface area contributed by atoms with E-state index in [0.717, 1.165) is 19.3 Å². The van der Waals surface area contributed by atoms with Gasteiger partial charge in [-0.2, -0.15) is 0 Å². The lowest BCUT2D eigenvalue weighted by molar-refractivity contribution is -0.119. The van der Waals surface area contributed by atoms with Crippen LogP contribution in [-0.4, -0.2) is 34.2 Å². The molecule has 5 heteroatoms. The number of likely N-dealkylation sites (tertiary alicyclic amines) is 1. The average molecular weight is 309 g/mol. The van der Waals surface area contributed by atoms with E-state index in [1.54, 1.807) is 23.1 Å². The van der Waals surface area contributed by atoms with Gasteiger partial charge in [0.1, 0.15) is 10.3 Å². The number of amides is 1. The first-order chi connectivity index (χ1) is 8.55. The molecule has 3 rings (SSSR count). The van der Waals surface area contributed by atoms with Gasteiger partial charge in [0.2, 0.25) is 12.2 Å². The van der Waals surface area contributed by atoms with Crippen LogP contribution in [0.25, 0.3) is 0 Å². The van der Waals surface area contributed by atoms with Crippen LogP contribution >= 0.6 is 15.9 Å². The molecule has 1 amide bonds. The van der Waals surface area contributed by atoms with Gasteiger partial charge in [0.05, 0.1) is 6.04 Å². The lowest BCUT2D eigenvalue weighted by Gasteiger charge is -2.21. The van der Waals surface area contributed by atoms with Gasteiger partial charge in [-0.15, -0.1) is 0 Å². The van der Waals surface area contributed by atoms with Crippen molar-refractivity contribution in [3.63, 3.8) is 0 Å². The molecule has 4 nitrogen and oxygen atoms in total. The first-order valence-corrected chi connectivity index (χ1v) is 6.74. The van der Waals surface area contributed by atoms with Gasteiger partial charge in [-0.25, -0.2) is 4.98 Å². The summed E-state index contributed by atoms with van der Waals surface area (Å²) >= 11 is 3.26. The molecule has 0 aromatic carbocycles. The van der Waals surface area contributed by atoms with Crippen LogP contribution in [0.4, 0.5) is 0 Å². The predicted octanol–water partition coefficient (Wildman–Crippen LogP) is 2.04. The van der Waals surface area contributed by atoms with Crippen molar-refractivity contribution in [3.8, 4) is 0 Å². The maximum Gasteiger partial charge on any atom is 0.210 e. The molecule has 1 saturated carbocycles. The van der Waals surface area contributed by atoms with Crippen molar-refractivity contribution < 1.29 is 9.59 Å². The molecule has 0 N–H and O–H groups in total. The molecule has 0 spiro atoms. The van der Waals surface area contributed by atoms with Crippen LogP contribution < -0.4 is 0 Å². The van der Waals surface area contributed by atoms with E-state index in [9.17, 15) is 9.59 Å². The van der Waals surface area contributed by atoms with E-state index in [-0.39, 0.29) is 23.3 Å². The average Bonchev–Trinajstić information content (AvgIpc) is 2.92. The van der Waals surface area contributed by atoms with Crippen molar-refractivity contribution in [2.45, 2.75) is 31.8 Å². The van der Waals surface area contributed by atoms with Crippen LogP contribution in [0.15, 0.2) is 22.8 Å². The van der Waals surface area contributed by atoms with Gasteiger partial charge in [-0.3, -0.25) is 9.59 Å². The zero-order chi connectivity index (χ0) is 12.9. The van der Waals surface area contributed by atoms with E-state index in [1.165, 1.54) is 0 Å². The minimum absolute atomic E-state index is 0.0585. The Bertz CT molecular complexity index is 533. The Morgan fingerprint density at radius 2 is 2.33 bits per heavy atom. The number of aromatic nitrogens is 1. The van der Waals surface area contributed by atoms with E-state index in [4.69, 9.17) is 0 Å². The fourth-order valence-electron chi connectivity index (χ4n) is 2.92. The number of piperidine rings is 1. The van der Waals surface area contributed by atoms with Crippen molar-refractivity contribution in [1.82, 2.24) is 9.88 Å². The minimum Gasteiger partial charge on any atom is -0.331 e. The monoisotopic (exact) mass is 308 g/mol. The second-order valence-corrected chi connectivity index (χ2v) is 6.17. The Morgan fingerprint density at radius 3 is 3.00 bits per heavy atom. The highest BCUT2D eigenvalue weighted by Crippen LogP contribution is 2.58. The highest BCUT2D eigenvalue weighted by Gasteiger charge is 2.62. The Labute approximate surface area is 114 Å². The molecule has 0 radical (unpaired) electrons. The summed E-state index contributed by atoms with van der Waals surface area (Å²) in [6.07, 6.45) is 2.58. The van der Waals surface area contributed by atoms with Gasteiger partial charge in [0.15, 0.2) is 0 Å². The van der Waals surface area contributed by atoms with Crippen molar-refractivity contribution in [2.75, 3.05) is 0 Å². The maximum absolute atomic E-state index is 12.4. The van der Waals surface area contributed by atoms with Crippen molar-refractivity contribution in [1.29, 1.82) is 0 Å². The molecular weight excluding hydrogens is 296 g/mol. The van der Waals surface area contributed by atoms with Gasteiger partial charge in [0.25, 0.3) is 0 Å². The lowest BCUT2D eigenvalue weighted by Crippen LogP contribution is -2.38. The molecule has 1 aliphatic heterocycles. The van der Waals surface area contributed by atoms with E-state index >= 15 is 0 Å². The van der Waals surface area contributed by atoms with E-state index < -0.39 is 0 Å². The lowest BCUT2D eigenvalue weighted by atomic mass is 9.98. The predicted molar refractivity (Wildman–Crippen MR) is 69.1 cm³/mol. The summed E-state index contributed by atoms with van der Waals surface area (Å²) in [7, 11) is 0. The van der Waals surface area contributed by atoms with E-state index in [2.05, 4.69) is 27.8 Å². The highest BCUT2D eigenvalue weighted by molar-refractivity contribution is 9.10. The molecule has 3 atom stereocenters. The number of hydrogen-bond acceptors (Lipinski definition) is 3. The third kappa shape index (κ3) is 1.68. The van der Waals surface area contributed by atoms with Crippen LogP contribution in [0.3, 0.4) is 0 Å². The summed E-state index contributed by atoms with van der Waals surface area (Å²) in [6, 6.07) is 5.17. The van der Waals surface area contributed by atoms with E-state index in [1.807, 2.05) is 0 Å². The van der Waals surface area contributed by atoms with Crippen LogP contribution in [0.2, 0.25) is 0 Å². The smallest absolute Gasteiger partial charge is 0.210 e. The maximum atomic E-state index is 12.4. The molecule has 1 aromatic rings. The molecule has 1 saturated heterocycles. The summed E-state index contributed by atoms with van der Waals surface area (Å²) in [4.78, 5) is 29.4. The van der Waals surface area contributed by atoms with Crippen molar-refractivity contribution in [2.24, 2.45) is 5.41 Å². The number of fused-ring (bicyclic) bond motifs is 1. The molecule has 94 valence electrons. The number of halogens is 1. The molecule has 2 fully saturated rings. The zero-order valence-electron chi connectivity index (χ0n) is 9.97. The van der Waals surface area contributed by atoms with Gasteiger partial charge in [0, 0.05) is 6.04 Å². The Kier molecular flexibility index (Phi) is 2.55. The van der Waals surface area contributed by atoms with Crippen LogP contribution in [0, 0.1) is 5.41 Å². The van der Waals surface area contributed by atoms with Crippen LogP contribution in [0.1, 0.15) is 30.3 Å². The van der Waals surface area contributed by atoms with Crippen molar-refractivity contribution >= 4 is 28.1 Å². The topological polar surface area (TPSA) is 50.3 Å². The Balaban J connectivity index is 1.87. The number of carbonyl (C=O) groups excluding carboxylic acids is 2. The highest BCUT2D eigenvalue weighted by atomic mass is 79.9. The summed E-state index contributed by atoms with van der Waals surface area (Å²) < 4.78 is 0.639. The Hall–Kier alpha value is -1.23. The minimum atomic E-state index is -0.340. The number of rotatable bonds is 3. The summed E-state index contributed by atoms with van der Waals surface area (Å²) in [6.45, 7) is 2.13. The number of pyridine rings is 1. The standard InChI is InChI=1S/C13H13BrN2O2/c1-13-5-9(16(7-17)10(13)6-13)12(18)8-3-2-4-11(14)15-8/h2-4,7,9-10H,5-6H2,1H3. The molecule has 0 bridgehead atoms. The molecule has 3 unspecified atom stereocenters. The van der Waals surface area contributed by atoms with Gasteiger partial charge >= 0.3 is 0 Å². The van der Waals surface area contributed by atoms with Crippen LogP contribution in [-0.2, 0) is 4.79 Å². The normalized spacial score (nSPS) is 33.1. The summed E-state index contributed by atoms with van der Waals surface area (Å²) in [5.41, 5.74) is 0.568. The fraction of sp³-hybridized carbons (Fsp3) is 0.462. The first-order valence-electron chi connectivity index (χ1n) is 5.95. The largest absolute Gasteiger partial charge is 0.331 e. The van der Waals surface area contributed by atoms with E-state index in [0.29, 0.717) is 10.3 Å². The number of Topliss-reactive ketones (excluding diaryl/α,β-unsaturated/α-hetero) is 1. The van der Waals surface area contributed by atoms with Gasteiger partial charge in [-0.1, -0.05) is 13.0 Å². The molecule has 2 heterocycles. The number of ketones is 1. The second kappa shape index (κ2) is 3.88. The van der Waals surface area contributed by atoms with Crippen LogP contribution in [0.5, 0.6) is 0 Å². The number of hydrogen-bond donors (Lipinski definition) is 0. The molecule has 18 heavy (non-hydrogen) atoms. The summed E-state index contributed by atoms with van der Waals surface area (Å²) in [5, 5.41) is 0. The molecular formula is C13H13BrN2O2. The SMILES string of the molecule is CC12CC(C(=O)c3cccc(Br)n3)N(C=O)C1C2. The molecule has 1 aromatic heterocycles. The molecule has 1 aliphatic carbocycles.